The first-order chi connectivity index (χ1) is 13.8. The van der Waals surface area contributed by atoms with Gasteiger partial charge in [0, 0.05) is 50.0 Å². The van der Waals surface area contributed by atoms with Gasteiger partial charge in [-0.25, -0.2) is 4.98 Å². The summed E-state index contributed by atoms with van der Waals surface area (Å²) in [4.78, 5) is 6.80. The molecule has 3 aromatic rings. The molecule has 2 heterocycles. The lowest BCUT2D eigenvalue weighted by molar-refractivity contribution is 0.300. The zero-order chi connectivity index (χ0) is 19.0. The maximum atomic E-state index is 4.25. The molecule has 0 radical (unpaired) electrons. The lowest BCUT2D eigenvalue weighted by Gasteiger charge is -2.41. The minimum absolute atomic E-state index is 0.312. The van der Waals surface area contributed by atoms with Crippen molar-refractivity contribution in [3.05, 3.63) is 83.9 Å². The van der Waals surface area contributed by atoms with Crippen LogP contribution in [0, 0.1) is 0 Å². The number of aromatic nitrogens is 2. The van der Waals surface area contributed by atoms with Gasteiger partial charge in [-0.3, -0.25) is 0 Å². The first-order valence-corrected chi connectivity index (χ1v) is 10.3. The van der Waals surface area contributed by atoms with Crippen molar-refractivity contribution in [2.75, 3.05) is 18.0 Å². The van der Waals surface area contributed by atoms with E-state index in [2.05, 4.69) is 81.4 Å². The number of hydrogen-bond donors (Lipinski definition) is 1. The van der Waals surface area contributed by atoms with Crippen molar-refractivity contribution >= 4 is 5.69 Å². The molecule has 5 rings (SSSR count). The fraction of sp³-hybridized carbons (Fsp3) is 0.375. The van der Waals surface area contributed by atoms with Crippen LogP contribution < -0.4 is 10.2 Å². The van der Waals surface area contributed by atoms with E-state index in [4.69, 9.17) is 0 Å². The average Bonchev–Trinajstić information content (AvgIpc) is 3.29. The number of benzene rings is 2. The van der Waals surface area contributed by atoms with Gasteiger partial charge in [0.25, 0.3) is 0 Å². The predicted octanol–water partition coefficient (Wildman–Crippen LogP) is 4.19. The molecule has 0 bridgehead atoms. The van der Waals surface area contributed by atoms with Gasteiger partial charge in [0.1, 0.15) is 0 Å². The first-order valence-electron chi connectivity index (χ1n) is 10.3. The molecular formula is C24H28N4. The van der Waals surface area contributed by atoms with Gasteiger partial charge < -0.3 is 14.8 Å². The molecule has 4 nitrogen and oxygen atoms in total. The maximum Gasteiger partial charge on any atom is 0.0945 e. The molecule has 1 N–H and O–H groups in total. The van der Waals surface area contributed by atoms with E-state index in [0.29, 0.717) is 11.5 Å². The highest BCUT2D eigenvalue weighted by atomic mass is 15.1. The van der Waals surface area contributed by atoms with Crippen LogP contribution in [-0.2, 0) is 19.0 Å². The second kappa shape index (κ2) is 7.10. The molecule has 2 aromatic carbocycles. The van der Waals surface area contributed by atoms with Crippen molar-refractivity contribution in [2.24, 2.45) is 7.05 Å². The molecule has 1 spiro atoms. The Morgan fingerprint density at radius 2 is 1.79 bits per heavy atom. The van der Waals surface area contributed by atoms with Crippen LogP contribution in [-0.4, -0.2) is 22.6 Å². The van der Waals surface area contributed by atoms with Gasteiger partial charge in [-0.15, -0.1) is 0 Å². The number of imidazole rings is 1. The van der Waals surface area contributed by atoms with Gasteiger partial charge in [-0.2, -0.15) is 0 Å². The van der Waals surface area contributed by atoms with E-state index in [0.717, 1.165) is 19.6 Å². The average molecular weight is 373 g/mol. The van der Waals surface area contributed by atoms with Gasteiger partial charge in [0.05, 0.1) is 12.0 Å². The summed E-state index contributed by atoms with van der Waals surface area (Å²) in [6.07, 6.45) is 7.49. The number of aryl methyl sites for hydroxylation is 1. The van der Waals surface area contributed by atoms with Gasteiger partial charge >= 0.3 is 0 Å². The summed E-state index contributed by atoms with van der Waals surface area (Å²) in [6.45, 7) is 3.13. The molecule has 1 aliphatic heterocycles. The van der Waals surface area contributed by atoms with Crippen LogP contribution in [0.4, 0.5) is 5.69 Å². The zero-order valence-electron chi connectivity index (χ0n) is 16.5. The Morgan fingerprint density at radius 1 is 1.04 bits per heavy atom. The number of para-hydroxylation sites is 1. The van der Waals surface area contributed by atoms with E-state index >= 15 is 0 Å². The molecular weight excluding hydrogens is 344 g/mol. The third kappa shape index (κ3) is 3.02. The lowest BCUT2D eigenvalue weighted by atomic mass is 9.73. The van der Waals surface area contributed by atoms with Crippen molar-refractivity contribution in [1.29, 1.82) is 0 Å². The molecule has 1 saturated heterocycles. The third-order valence-corrected chi connectivity index (χ3v) is 6.79. The van der Waals surface area contributed by atoms with Crippen LogP contribution in [0.3, 0.4) is 0 Å². The maximum absolute atomic E-state index is 4.25. The van der Waals surface area contributed by atoms with Crippen LogP contribution in [0.15, 0.2) is 67.1 Å². The van der Waals surface area contributed by atoms with E-state index < -0.39 is 0 Å². The molecule has 0 amide bonds. The molecule has 0 unspecified atom stereocenters. The molecule has 1 fully saturated rings. The van der Waals surface area contributed by atoms with Crippen molar-refractivity contribution in [1.82, 2.24) is 14.9 Å². The molecule has 2 aliphatic rings. The number of nitrogens with one attached hydrogen (secondary N) is 1. The minimum Gasteiger partial charge on any atom is -0.371 e. The predicted molar refractivity (Wildman–Crippen MR) is 113 cm³/mol. The summed E-state index contributed by atoms with van der Waals surface area (Å²) in [5.74, 6) is 0. The Morgan fingerprint density at radius 3 is 2.54 bits per heavy atom. The summed E-state index contributed by atoms with van der Waals surface area (Å²) in [7, 11) is 2.06. The first kappa shape index (κ1) is 17.5. The Labute approximate surface area is 167 Å². The Hall–Kier alpha value is -2.59. The van der Waals surface area contributed by atoms with Crippen LogP contribution >= 0.6 is 0 Å². The van der Waals surface area contributed by atoms with Crippen LogP contribution in [0.2, 0.25) is 0 Å². The summed E-state index contributed by atoms with van der Waals surface area (Å²) in [6, 6.07) is 20.4. The highest BCUT2D eigenvalue weighted by molar-refractivity contribution is 5.49. The number of hydrogen-bond acceptors (Lipinski definition) is 3. The SMILES string of the molecule is Cn1cncc1CN[C@@H]1CC2(CCN(c3ccccc3)CC2)c2ccccc21. The zero-order valence-corrected chi connectivity index (χ0v) is 16.5. The van der Waals surface area contributed by atoms with Crippen LogP contribution in [0.5, 0.6) is 0 Å². The summed E-state index contributed by atoms with van der Waals surface area (Å²) >= 11 is 0. The number of anilines is 1. The molecule has 1 atom stereocenters. The highest BCUT2D eigenvalue weighted by Gasteiger charge is 2.45. The van der Waals surface area contributed by atoms with Gasteiger partial charge in [-0.05, 0) is 42.5 Å². The molecule has 4 heteroatoms. The van der Waals surface area contributed by atoms with E-state index in [9.17, 15) is 0 Å². The summed E-state index contributed by atoms with van der Waals surface area (Å²) in [5, 5.41) is 3.82. The number of nitrogens with zero attached hydrogens (tertiary/aromatic N) is 3. The minimum atomic E-state index is 0.312. The van der Waals surface area contributed by atoms with Crippen molar-refractivity contribution in [3.8, 4) is 0 Å². The number of piperidine rings is 1. The fourth-order valence-electron chi connectivity index (χ4n) is 5.16. The van der Waals surface area contributed by atoms with Crippen molar-refractivity contribution in [2.45, 2.75) is 37.3 Å². The smallest absolute Gasteiger partial charge is 0.0945 e. The second-order valence-electron chi connectivity index (χ2n) is 8.32. The van der Waals surface area contributed by atoms with Crippen LogP contribution in [0.25, 0.3) is 0 Å². The Bertz CT molecular complexity index is 938. The standard InChI is InChI=1S/C24H28N4/c1-27-18-25-16-20(27)17-26-23-15-24(22-10-6-5-9-21(22)23)11-13-28(14-12-24)19-7-3-2-4-8-19/h2-10,16,18,23,26H,11-15,17H2,1H3/t23-/m1/s1. The van der Waals surface area contributed by atoms with Crippen molar-refractivity contribution < 1.29 is 0 Å². The van der Waals surface area contributed by atoms with E-state index in [1.165, 1.54) is 36.2 Å². The second-order valence-corrected chi connectivity index (χ2v) is 8.32. The molecule has 1 aromatic heterocycles. The third-order valence-electron chi connectivity index (χ3n) is 6.79. The molecule has 28 heavy (non-hydrogen) atoms. The monoisotopic (exact) mass is 372 g/mol. The quantitative estimate of drug-likeness (QED) is 0.745. The molecule has 144 valence electrons. The largest absolute Gasteiger partial charge is 0.371 e. The fourth-order valence-corrected chi connectivity index (χ4v) is 5.16. The van der Waals surface area contributed by atoms with Gasteiger partial charge in [0.2, 0.25) is 0 Å². The Kier molecular flexibility index (Phi) is 4.44. The molecule has 0 saturated carbocycles. The van der Waals surface area contributed by atoms with E-state index in [1.54, 1.807) is 5.56 Å². The lowest BCUT2D eigenvalue weighted by Crippen LogP contribution is -2.42. The van der Waals surface area contributed by atoms with Crippen LogP contribution in [0.1, 0.15) is 42.1 Å². The van der Waals surface area contributed by atoms with Crippen molar-refractivity contribution in [3.63, 3.8) is 0 Å². The number of fused-ring (bicyclic) bond motifs is 2. The molecule has 1 aliphatic carbocycles. The van der Waals surface area contributed by atoms with E-state index in [-0.39, 0.29) is 0 Å². The topological polar surface area (TPSA) is 33.1 Å². The van der Waals surface area contributed by atoms with Gasteiger partial charge in [-0.1, -0.05) is 42.5 Å². The highest BCUT2D eigenvalue weighted by Crippen LogP contribution is 2.51. The summed E-state index contributed by atoms with van der Waals surface area (Å²) < 4.78 is 2.10. The Balaban J connectivity index is 1.34. The summed E-state index contributed by atoms with van der Waals surface area (Å²) in [5.41, 5.74) is 5.97. The normalized spacial score (nSPS) is 20.5. The number of rotatable bonds is 4. The van der Waals surface area contributed by atoms with Gasteiger partial charge in [0.15, 0.2) is 0 Å². The van der Waals surface area contributed by atoms with E-state index in [1.807, 2.05) is 12.5 Å².